The van der Waals surface area contributed by atoms with Crippen LogP contribution in [0, 0.1) is 0 Å². The van der Waals surface area contributed by atoms with Gasteiger partial charge in [0.25, 0.3) is 0 Å². The van der Waals surface area contributed by atoms with Gasteiger partial charge < -0.3 is 14.2 Å². The van der Waals surface area contributed by atoms with E-state index in [1.165, 1.54) is 30.3 Å². The minimum atomic E-state index is -0.453. The highest BCUT2D eigenvalue weighted by Crippen LogP contribution is 2.11. The van der Waals surface area contributed by atoms with Crippen molar-refractivity contribution in [3.8, 4) is 0 Å². The molecule has 100 valence electrons. The van der Waals surface area contributed by atoms with Crippen molar-refractivity contribution in [2.24, 2.45) is 0 Å². The summed E-state index contributed by atoms with van der Waals surface area (Å²) >= 11 is 0. The lowest BCUT2D eigenvalue weighted by atomic mass is 10.1. The first kappa shape index (κ1) is 13.3. The van der Waals surface area contributed by atoms with Crippen LogP contribution in [-0.2, 0) is 14.2 Å². The second-order valence-corrected chi connectivity index (χ2v) is 4.02. The fourth-order valence-corrected chi connectivity index (χ4v) is 1.38. The van der Waals surface area contributed by atoms with E-state index in [1.807, 2.05) is 0 Å². The number of hydrogen-bond acceptors (Lipinski definition) is 5. The van der Waals surface area contributed by atoms with Crippen molar-refractivity contribution < 1.29 is 23.8 Å². The fraction of sp³-hybridized carbons (Fsp3) is 0.286. The predicted molar refractivity (Wildman–Crippen MR) is 66.9 cm³/mol. The van der Waals surface area contributed by atoms with Gasteiger partial charge >= 0.3 is 11.9 Å². The Morgan fingerprint density at radius 2 is 1.74 bits per heavy atom. The first-order valence-corrected chi connectivity index (χ1v) is 5.87. The summed E-state index contributed by atoms with van der Waals surface area (Å²) < 4.78 is 14.8. The van der Waals surface area contributed by atoms with Crippen LogP contribution in [0.4, 0.5) is 0 Å². The van der Waals surface area contributed by atoms with Crippen molar-refractivity contribution >= 4 is 11.9 Å². The molecule has 0 spiro atoms. The summed E-state index contributed by atoms with van der Waals surface area (Å²) in [5.41, 5.74) is 0.768. The Balaban J connectivity index is 1.90. The average Bonchev–Trinajstić information content (AvgIpc) is 3.26. The van der Waals surface area contributed by atoms with Crippen LogP contribution in [0.5, 0.6) is 0 Å². The molecular formula is C14H14O5. The van der Waals surface area contributed by atoms with Gasteiger partial charge in [0.1, 0.15) is 19.3 Å². The number of ether oxygens (including phenoxy) is 3. The second-order valence-electron chi connectivity index (χ2n) is 4.02. The molecule has 1 saturated heterocycles. The van der Waals surface area contributed by atoms with E-state index in [4.69, 9.17) is 14.2 Å². The van der Waals surface area contributed by atoms with Crippen molar-refractivity contribution in [3.05, 3.63) is 48.0 Å². The van der Waals surface area contributed by atoms with E-state index < -0.39 is 11.9 Å². The molecule has 5 nitrogen and oxygen atoms in total. The molecule has 1 heterocycles. The van der Waals surface area contributed by atoms with Crippen molar-refractivity contribution in [2.45, 2.75) is 6.10 Å². The van der Waals surface area contributed by atoms with Gasteiger partial charge in [-0.1, -0.05) is 12.7 Å². The topological polar surface area (TPSA) is 65.1 Å². The third-order valence-corrected chi connectivity index (χ3v) is 2.49. The van der Waals surface area contributed by atoms with Gasteiger partial charge in [-0.3, -0.25) is 0 Å². The van der Waals surface area contributed by atoms with Gasteiger partial charge in [0.15, 0.2) is 0 Å². The van der Waals surface area contributed by atoms with Gasteiger partial charge in [0.05, 0.1) is 17.7 Å². The summed E-state index contributed by atoms with van der Waals surface area (Å²) in [5.74, 6) is -0.882. The molecule has 1 aliphatic rings. The predicted octanol–water partition coefficient (Wildman–Crippen LogP) is 1.58. The maximum absolute atomic E-state index is 11.6. The number of carbonyl (C=O) groups is 2. The minimum Gasteiger partial charge on any atom is -0.459 e. The summed E-state index contributed by atoms with van der Waals surface area (Å²) in [5, 5.41) is 0. The molecule has 1 aromatic rings. The molecule has 0 aliphatic carbocycles. The van der Waals surface area contributed by atoms with Crippen LogP contribution in [0.15, 0.2) is 36.9 Å². The highest BCUT2D eigenvalue weighted by molar-refractivity contribution is 5.93. The standard InChI is InChI=1S/C14H14O5/c1-2-7-17-13(15)10-3-5-11(6-4-10)14(16)19-9-12-8-18-12/h2-6,12H,1,7-9H2. The van der Waals surface area contributed by atoms with Crippen LogP contribution < -0.4 is 0 Å². The first-order valence-electron chi connectivity index (χ1n) is 5.87. The van der Waals surface area contributed by atoms with Crippen LogP contribution in [-0.4, -0.2) is 37.9 Å². The molecular weight excluding hydrogens is 248 g/mol. The highest BCUT2D eigenvalue weighted by Gasteiger charge is 2.24. The molecule has 19 heavy (non-hydrogen) atoms. The molecule has 1 fully saturated rings. The number of esters is 2. The molecule has 0 amide bonds. The van der Waals surface area contributed by atoms with Gasteiger partial charge in [0.2, 0.25) is 0 Å². The fourth-order valence-electron chi connectivity index (χ4n) is 1.38. The zero-order chi connectivity index (χ0) is 13.7. The molecule has 1 unspecified atom stereocenters. The summed E-state index contributed by atoms with van der Waals surface area (Å²) in [7, 11) is 0. The van der Waals surface area contributed by atoms with E-state index in [9.17, 15) is 9.59 Å². The van der Waals surface area contributed by atoms with Gasteiger partial charge in [-0.25, -0.2) is 9.59 Å². The third-order valence-electron chi connectivity index (χ3n) is 2.49. The Bertz CT molecular complexity index is 473. The van der Waals surface area contributed by atoms with E-state index in [0.717, 1.165) is 0 Å². The van der Waals surface area contributed by atoms with Crippen LogP contribution in [0.3, 0.4) is 0 Å². The Morgan fingerprint density at radius 3 is 2.21 bits per heavy atom. The average molecular weight is 262 g/mol. The highest BCUT2D eigenvalue weighted by atomic mass is 16.6. The minimum absolute atomic E-state index is 0.0390. The van der Waals surface area contributed by atoms with E-state index in [2.05, 4.69) is 6.58 Å². The zero-order valence-electron chi connectivity index (χ0n) is 10.3. The Kier molecular flexibility index (Phi) is 4.30. The monoisotopic (exact) mass is 262 g/mol. The number of rotatable bonds is 6. The lowest BCUT2D eigenvalue weighted by Crippen LogP contribution is -2.10. The summed E-state index contributed by atoms with van der Waals surface area (Å²) in [6, 6.07) is 6.10. The molecule has 2 rings (SSSR count). The van der Waals surface area contributed by atoms with Crippen LogP contribution in [0.1, 0.15) is 20.7 Å². The van der Waals surface area contributed by atoms with Crippen LogP contribution in [0.25, 0.3) is 0 Å². The molecule has 1 aromatic carbocycles. The first-order chi connectivity index (χ1) is 9.20. The van der Waals surface area contributed by atoms with Gasteiger partial charge in [-0.2, -0.15) is 0 Å². The van der Waals surface area contributed by atoms with E-state index in [1.54, 1.807) is 0 Å². The Labute approximate surface area is 110 Å². The lowest BCUT2D eigenvalue weighted by molar-refractivity contribution is 0.0474. The summed E-state index contributed by atoms with van der Waals surface area (Å²) in [4.78, 5) is 23.1. The summed E-state index contributed by atoms with van der Waals surface area (Å²) in [6.45, 7) is 4.52. The number of epoxide rings is 1. The van der Waals surface area contributed by atoms with Crippen molar-refractivity contribution in [1.82, 2.24) is 0 Å². The Morgan fingerprint density at radius 1 is 1.21 bits per heavy atom. The number of carbonyl (C=O) groups excluding carboxylic acids is 2. The second kappa shape index (κ2) is 6.15. The quantitative estimate of drug-likeness (QED) is 0.442. The van der Waals surface area contributed by atoms with Crippen LogP contribution >= 0.6 is 0 Å². The van der Waals surface area contributed by atoms with Gasteiger partial charge in [-0.15, -0.1) is 0 Å². The van der Waals surface area contributed by atoms with Gasteiger partial charge in [-0.05, 0) is 24.3 Å². The molecule has 0 saturated carbocycles. The van der Waals surface area contributed by atoms with E-state index in [0.29, 0.717) is 17.7 Å². The molecule has 0 N–H and O–H groups in total. The number of benzene rings is 1. The lowest BCUT2D eigenvalue weighted by Gasteiger charge is -2.04. The normalized spacial score (nSPS) is 16.5. The third kappa shape index (κ3) is 3.93. The Hall–Kier alpha value is -2.14. The van der Waals surface area contributed by atoms with Gasteiger partial charge in [0, 0.05) is 0 Å². The molecule has 0 aromatic heterocycles. The molecule has 5 heteroatoms. The zero-order valence-corrected chi connectivity index (χ0v) is 10.3. The molecule has 0 bridgehead atoms. The van der Waals surface area contributed by atoms with E-state index in [-0.39, 0.29) is 19.3 Å². The van der Waals surface area contributed by atoms with Crippen LogP contribution in [0.2, 0.25) is 0 Å². The van der Waals surface area contributed by atoms with E-state index >= 15 is 0 Å². The maximum Gasteiger partial charge on any atom is 0.338 e. The number of hydrogen-bond donors (Lipinski definition) is 0. The van der Waals surface area contributed by atoms with Crippen molar-refractivity contribution in [1.29, 1.82) is 0 Å². The molecule has 1 atom stereocenters. The molecule has 1 aliphatic heterocycles. The largest absolute Gasteiger partial charge is 0.459 e. The smallest absolute Gasteiger partial charge is 0.338 e. The summed E-state index contributed by atoms with van der Waals surface area (Å²) in [6.07, 6.45) is 1.53. The maximum atomic E-state index is 11.6. The SMILES string of the molecule is C=CCOC(=O)c1ccc(C(=O)OCC2CO2)cc1. The molecule has 0 radical (unpaired) electrons. The van der Waals surface area contributed by atoms with Crippen molar-refractivity contribution in [3.63, 3.8) is 0 Å². The van der Waals surface area contributed by atoms with Crippen molar-refractivity contribution in [2.75, 3.05) is 19.8 Å².